The molecule has 6 heteroatoms. The largest absolute Gasteiger partial charge is 0.348 e. The van der Waals surface area contributed by atoms with Crippen molar-refractivity contribution < 1.29 is 4.79 Å². The standard InChI is InChI=1S/C25H22N4OS/c1-17(2)16-27-25(30)21-8-3-4-9-24(21)31-19-11-12-20-22(28-29-23(20)15-19)13-10-18-7-5-6-14-26-18/h3-15H,1,16H2,2H3,(H,27,30)(H,28,29)/b13-10+. The van der Waals surface area contributed by atoms with Gasteiger partial charge in [-0.1, -0.05) is 42.1 Å². The summed E-state index contributed by atoms with van der Waals surface area (Å²) in [7, 11) is 0. The van der Waals surface area contributed by atoms with Crippen LogP contribution in [-0.4, -0.2) is 27.6 Å². The van der Waals surface area contributed by atoms with Crippen LogP contribution in [0.15, 0.2) is 88.8 Å². The molecule has 0 spiro atoms. The Morgan fingerprint density at radius 3 is 2.77 bits per heavy atom. The minimum atomic E-state index is -0.101. The molecule has 0 aliphatic carbocycles. The molecule has 0 saturated heterocycles. The van der Waals surface area contributed by atoms with E-state index in [1.54, 1.807) is 18.0 Å². The van der Waals surface area contributed by atoms with Gasteiger partial charge in [-0.2, -0.15) is 5.10 Å². The number of pyridine rings is 1. The lowest BCUT2D eigenvalue weighted by Crippen LogP contribution is -2.25. The molecule has 154 valence electrons. The number of nitrogens with zero attached hydrogens (tertiary/aromatic N) is 2. The van der Waals surface area contributed by atoms with Gasteiger partial charge in [0.15, 0.2) is 0 Å². The zero-order valence-corrected chi connectivity index (χ0v) is 17.9. The number of hydrogen-bond acceptors (Lipinski definition) is 4. The van der Waals surface area contributed by atoms with Crippen molar-refractivity contribution in [3.05, 3.63) is 96.0 Å². The van der Waals surface area contributed by atoms with Crippen LogP contribution in [0, 0.1) is 0 Å². The first kappa shape index (κ1) is 20.6. The maximum Gasteiger partial charge on any atom is 0.252 e. The normalized spacial score (nSPS) is 11.1. The van der Waals surface area contributed by atoms with Crippen LogP contribution in [0.25, 0.3) is 23.1 Å². The van der Waals surface area contributed by atoms with E-state index in [-0.39, 0.29) is 5.91 Å². The van der Waals surface area contributed by atoms with Gasteiger partial charge in [0.25, 0.3) is 5.91 Å². The minimum absolute atomic E-state index is 0.101. The van der Waals surface area contributed by atoms with E-state index in [4.69, 9.17) is 0 Å². The summed E-state index contributed by atoms with van der Waals surface area (Å²) in [6.07, 6.45) is 5.66. The number of aromatic amines is 1. The molecule has 0 fully saturated rings. The van der Waals surface area contributed by atoms with Crippen molar-refractivity contribution in [2.45, 2.75) is 16.7 Å². The lowest BCUT2D eigenvalue weighted by Gasteiger charge is -2.10. The molecular weight excluding hydrogens is 404 g/mol. The van der Waals surface area contributed by atoms with E-state index in [1.165, 1.54) is 0 Å². The lowest BCUT2D eigenvalue weighted by molar-refractivity contribution is 0.0954. The Kier molecular flexibility index (Phi) is 6.29. The molecule has 4 rings (SSSR count). The average molecular weight is 427 g/mol. The SMILES string of the molecule is C=C(C)CNC(=O)c1ccccc1Sc1ccc2c(/C=C/c3ccccn3)n[nH]c2c1. The molecule has 31 heavy (non-hydrogen) atoms. The predicted molar refractivity (Wildman–Crippen MR) is 127 cm³/mol. The monoisotopic (exact) mass is 426 g/mol. The molecule has 0 aliphatic rings. The second-order valence-corrected chi connectivity index (χ2v) is 8.26. The van der Waals surface area contributed by atoms with Crippen LogP contribution in [0.4, 0.5) is 0 Å². The summed E-state index contributed by atoms with van der Waals surface area (Å²) >= 11 is 1.55. The van der Waals surface area contributed by atoms with Crippen LogP contribution in [0.3, 0.4) is 0 Å². The molecule has 2 aromatic heterocycles. The van der Waals surface area contributed by atoms with Gasteiger partial charge in [-0.25, -0.2) is 0 Å². The number of carbonyl (C=O) groups is 1. The van der Waals surface area contributed by atoms with Gasteiger partial charge in [-0.3, -0.25) is 14.9 Å². The number of H-pyrrole nitrogens is 1. The molecule has 0 atom stereocenters. The summed E-state index contributed by atoms with van der Waals surface area (Å²) in [4.78, 5) is 18.8. The quantitative estimate of drug-likeness (QED) is 0.378. The number of rotatable bonds is 7. The highest BCUT2D eigenvalue weighted by atomic mass is 32.2. The Labute approximate surface area is 185 Å². The average Bonchev–Trinajstić information content (AvgIpc) is 3.19. The summed E-state index contributed by atoms with van der Waals surface area (Å²) in [5.74, 6) is -0.101. The second kappa shape index (κ2) is 9.45. The van der Waals surface area contributed by atoms with Gasteiger partial charge >= 0.3 is 0 Å². The highest BCUT2D eigenvalue weighted by Crippen LogP contribution is 2.32. The van der Waals surface area contributed by atoms with Gasteiger partial charge in [0.1, 0.15) is 0 Å². The minimum Gasteiger partial charge on any atom is -0.348 e. The van der Waals surface area contributed by atoms with Crippen LogP contribution in [-0.2, 0) is 0 Å². The number of amides is 1. The molecule has 0 aliphatic heterocycles. The summed E-state index contributed by atoms with van der Waals surface area (Å²) in [6.45, 7) is 6.19. The number of hydrogen-bond donors (Lipinski definition) is 2. The smallest absolute Gasteiger partial charge is 0.252 e. The zero-order chi connectivity index (χ0) is 21.6. The second-order valence-electron chi connectivity index (χ2n) is 7.14. The van der Waals surface area contributed by atoms with Crippen molar-refractivity contribution >= 4 is 40.7 Å². The number of nitrogens with one attached hydrogen (secondary N) is 2. The van der Waals surface area contributed by atoms with Gasteiger partial charge in [0.05, 0.1) is 22.5 Å². The molecule has 0 bridgehead atoms. The van der Waals surface area contributed by atoms with Gasteiger partial charge in [0.2, 0.25) is 0 Å². The fourth-order valence-corrected chi connectivity index (χ4v) is 4.03. The fourth-order valence-electron chi connectivity index (χ4n) is 3.05. The van der Waals surface area contributed by atoms with Crippen LogP contribution < -0.4 is 5.32 Å². The number of carbonyl (C=O) groups excluding carboxylic acids is 1. The van der Waals surface area contributed by atoms with E-state index in [0.717, 1.165) is 37.7 Å². The van der Waals surface area contributed by atoms with Crippen molar-refractivity contribution in [3.8, 4) is 0 Å². The number of benzene rings is 2. The van der Waals surface area contributed by atoms with Crippen LogP contribution >= 0.6 is 11.8 Å². The topological polar surface area (TPSA) is 70.7 Å². The Hall–Kier alpha value is -3.64. The molecule has 0 unspecified atom stereocenters. The van der Waals surface area contributed by atoms with E-state index in [9.17, 15) is 4.79 Å². The van der Waals surface area contributed by atoms with E-state index in [1.807, 2.05) is 79.7 Å². The van der Waals surface area contributed by atoms with Gasteiger partial charge in [-0.15, -0.1) is 0 Å². The highest BCUT2D eigenvalue weighted by molar-refractivity contribution is 7.99. The number of fused-ring (bicyclic) bond motifs is 1. The third kappa shape index (κ3) is 5.10. The highest BCUT2D eigenvalue weighted by Gasteiger charge is 2.12. The summed E-state index contributed by atoms with van der Waals surface area (Å²) < 4.78 is 0. The van der Waals surface area contributed by atoms with E-state index in [0.29, 0.717) is 12.1 Å². The van der Waals surface area contributed by atoms with Gasteiger partial charge < -0.3 is 5.32 Å². The molecule has 2 heterocycles. The molecule has 4 aromatic rings. The van der Waals surface area contributed by atoms with E-state index >= 15 is 0 Å². The van der Waals surface area contributed by atoms with Crippen molar-refractivity contribution in [3.63, 3.8) is 0 Å². The Balaban J connectivity index is 1.55. The summed E-state index contributed by atoms with van der Waals surface area (Å²) in [5, 5.41) is 11.5. The van der Waals surface area contributed by atoms with Gasteiger partial charge in [0, 0.05) is 27.9 Å². The Bertz CT molecular complexity index is 1260. The first-order chi connectivity index (χ1) is 15.1. The molecule has 5 nitrogen and oxygen atoms in total. The zero-order valence-electron chi connectivity index (χ0n) is 17.1. The van der Waals surface area contributed by atoms with E-state index < -0.39 is 0 Å². The predicted octanol–water partition coefficient (Wildman–Crippen LogP) is 5.59. The van der Waals surface area contributed by atoms with Crippen LogP contribution in [0.1, 0.15) is 28.7 Å². The lowest BCUT2D eigenvalue weighted by atomic mass is 10.2. The first-order valence-electron chi connectivity index (χ1n) is 9.87. The Morgan fingerprint density at radius 2 is 1.97 bits per heavy atom. The van der Waals surface area contributed by atoms with Crippen LogP contribution in [0.5, 0.6) is 0 Å². The summed E-state index contributed by atoms with van der Waals surface area (Å²) in [5.41, 5.74) is 4.24. The van der Waals surface area contributed by atoms with Crippen LogP contribution in [0.2, 0.25) is 0 Å². The summed E-state index contributed by atoms with van der Waals surface area (Å²) in [6, 6.07) is 19.5. The molecule has 2 N–H and O–H groups in total. The van der Waals surface area contributed by atoms with Crippen molar-refractivity contribution in [2.75, 3.05) is 6.54 Å². The fraction of sp³-hybridized carbons (Fsp3) is 0.0800. The molecular formula is C25H22N4OS. The van der Waals surface area contributed by atoms with E-state index in [2.05, 4.69) is 27.1 Å². The van der Waals surface area contributed by atoms with Crippen molar-refractivity contribution in [2.24, 2.45) is 0 Å². The first-order valence-corrected chi connectivity index (χ1v) is 10.7. The third-order valence-electron chi connectivity index (χ3n) is 4.57. The maximum atomic E-state index is 12.6. The van der Waals surface area contributed by atoms with Crippen molar-refractivity contribution in [1.82, 2.24) is 20.5 Å². The molecule has 1 amide bonds. The number of aromatic nitrogens is 3. The molecule has 0 radical (unpaired) electrons. The third-order valence-corrected chi connectivity index (χ3v) is 5.64. The van der Waals surface area contributed by atoms with Gasteiger partial charge in [-0.05, 0) is 61.5 Å². The molecule has 0 saturated carbocycles. The molecule has 2 aromatic carbocycles. The maximum absolute atomic E-state index is 12.6. The van der Waals surface area contributed by atoms with Crippen molar-refractivity contribution in [1.29, 1.82) is 0 Å². The Morgan fingerprint density at radius 1 is 1.13 bits per heavy atom.